The first-order valence-electron chi connectivity index (χ1n) is 4.04. The molecule has 0 fully saturated rings. The van der Waals surface area contributed by atoms with Crippen LogP contribution < -0.4 is 5.73 Å². The standard InChI is InChI=1S/C8H7BrN6/c9-5-1-14-15(4-5)7-3-12-6(2-13-7)8(10)11/h1-4H,(H3,10,11). The van der Waals surface area contributed by atoms with Crippen molar-refractivity contribution in [2.45, 2.75) is 0 Å². The molecule has 76 valence electrons. The summed E-state index contributed by atoms with van der Waals surface area (Å²) in [5.41, 5.74) is 5.61. The number of hydrogen-bond donors (Lipinski definition) is 2. The first-order chi connectivity index (χ1) is 7.16. The molecule has 0 aliphatic rings. The molecule has 0 radical (unpaired) electrons. The van der Waals surface area contributed by atoms with Crippen molar-refractivity contribution < 1.29 is 0 Å². The second-order valence-electron chi connectivity index (χ2n) is 2.78. The minimum Gasteiger partial charge on any atom is -0.382 e. The number of aromatic nitrogens is 4. The molecule has 3 N–H and O–H groups in total. The van der Waals surface area contributed by atoms with Gasteiger partial charge in [0.15, 0.2) is 5.82 Å². The van der Waals surface area contributed by atoms with Gasteiger partial charge in [-0.1, -0.05) is 0 Å². The summed E-state index contributed by atoms with van der Waals surface area (Å²) in [6, 6.07) is 0. The summed E-state index contributed by atoms with van der Waals surface area (Å²) in [6.07, 6.45) is 6.36. The van der Waals surface area contributed by atoms with Crippen molar-refractivity contribution in [2.24, 2.45) is 5.73 Å². The number of amidine groups is 1. The molecular weight excluding hydrogens is 260 g/mol. The van der Waals surface area contributed by atoms with E-state index in [9.17, 15) is 0 Å². The van der Waals surface area contributed by atoms with E-state index in [4.69, 9.17) is 11.1 Å². The maximum absolute atomic E-state index is 7.16. The molecule has 2 rings (SSSR count). The Morgan fingerprint density at radius 2 is 2.13 bits per heavy atom. The summed E-state index contributed by atoms with van der Waals surface area (Å²) in [7, 11) is 0. The highest BCUT2D eigenvalue weighted by Gasteiger charge is 2.02. The van der Waals surface area contributed by atoms with Crippen LogP contribution in [0.2, 0.25) is 0 Å². The maximum Gasteiger partial charge on any atom is 0.171 e. The predicted molar refractivity (Wildman–Crippen MR) is 57.9 cm³/mol. The fraction of sp³-hybridized carbons (Fsp3) is 0. The van der Waals surface area contributed by atoms with Crippen molar-refractivity contribution in [1.82, 2.24) is 19.7 Å². The van der Waals surface area contributed by atoms with Crippen molar-refractivity contribution in [3.05, 3.63) is 35.0 Å². The molecule has 0 atom stereocenters. The summed E-state index contributed by atoms with van der Waals surface area (Å²) < 4.78 is 2.43. The minimum absolute atomic E-state index is 0.101. The number of nitrogens with zero attached hydrogens (tertiary/aromatic N) is 4. The van der Waals surface area contributed by atoms with E-state index >= 15 is 0 Å². The molecule has 7 heteroatoms. The van der Waals surface area contributed by atoms with E-state index in [-0.39, 0.29) is 5.84 Å². The van der Waals surface area contributed by atoms with E-state index < -0.39 is 0 Å². The summed E-state index contributed by atoms with van der Waals surface area (Å²) >= 11 is 3.28. The van der Waals surface area contributed by atoms with E-state index in [2.05, 4.69) is 31.0 Å². The summed E-state index contributed by atoms with van der Waals surface area (Å²) in [5.74, 6) is 0.474. The molecule has 0 amide bonds. The van der Waals surface area contributed by atoms with Crippen molar-refractivity contribution >= 4 is 21.8 Å². The molecule has 0 saturated heterocycles. The summed E-state index contributed by atoms with van der Waals surface area (Å²) in [4.78, 5) is 8.06. The van der Waals surface area contributed by atoms with Crippen LogP contribution in [0.3, 0.4) is 0 Å². The zero-order valence-electron chi connectivity index (χ0n) is 7.55. The Hall–Kier alpha value is -1.76. The highest BCUT2D eigenvalue weighted by Crippen LogP contribution is 2.09. The van der Waals surface area contributed by atoms with Crippen LogP contribution in [-0.4, -0.2) is 25.6 Å². The van der Waals surface area contributed by atoms with Gasteiger partial charge in [-0.05, 0) is 15.9 Å². The molecule has 0 spiro atoms. The van der Waals surface area contributed by atoms with Crippen molar-refractivity contribution in [3.8, 4) is 5.82 Å². The number of nitrogens with two attached hydrogens (primary N) is 1. The van der Waals surface area contributed by atoms with Gasteiger partial charge in [0, 0.05) is 6.20 Å². The van der Waals surface area contributed by atoms with E-state index in [1.165, 1.54) is 12.4 Å². The molecular formula is C8H7BrN6. The largest absolute Gasteiger partial charge is 0.382 e. The molecule has 6 nitrogen and oxygen atoms in total. The van der Waals surface area contributed by atoms with Crippen LogP contribution in [0, 0.1) is 5.41 Å². The van der Waals surface area contributed by atoms with Gasteiger partial charge in [0.1, 0.15) is 11.5 Å². The van der Waals surface area contributed by atoms with E-state index in [0.717, 1.165) is 4.47 Å². The van der Waals surface area contributed by atoms with Crippen molar-refractivity contribution in [1.29, 1.82) is 5.41 Å². The van der Waals surface area contributed by atoms with Gasteiger partial charge in [-0.25, -0.2) is 14.6 Å². The monoisotopic (exact) mass is 266 g/mol. The van der Waals surface area contributed by atoms with Gasteiger partial charge >= 0.3 is 0 Å². The van der Waals surface area contributed by atoms with Crippen LogP contribution >= 0.6 is 15.9 Å². The molecule has 15 heavy (non-hydrogen) atoms. The Morgan fingerprint density at radius 3 is 2.60 bits per heavy atom. The fourth-order valence-corrected chi connectivity index (χ4v) is 1.29. The Balaban J connectivity index is 2.35. The normalized spacial score (nSPS) is 10.2. The third-order valence-electron chi connectivity index (χ3n) is 1.70. The lowest BCUT2D eigenvalue weighted by Crippen LogP contribution is -2.14. The number of hydrogen-bond acceptors (Lipinski definition) is 4. The van der Waals surface area contributed by atoms with E-state index in [1.54, 1.807) is 17.1 Å². The van der Waals surface area contributed by atoms with Gasteiger partial charge in [-0.3, -0.25) is 5.41 Å². The molecule has 0 bridgehead atoms. The van der Waals surface area contributed by atoms with Crippen molar-refractivity contribution in [3.63, 3.8) is 0 Å². The van der Waals surface area contributed by atoms with Gasteiger partial charge in [-0.15, -0.1) is 0 Å². The first kappa shape index (κ1) is 9.78. The van der Waals surface area contributed by atoms with Crippen LogP contribution in [0.15, 0.2) is 29.3 Å². The molecule has 0 aliphatic carbocycles. The van der Waals surface area contributed by atoms with Gasteiger partial charge < -0.3 is 5.73 Å². The molecule has 2 aromatic heterocycles. The average Bonchev–Trinajstić information content (AvgIpc) is 2.65. The Bertz CT molecular complexity index is 488. The van der Waals surface area contributed by atoms with Gasteiger partial charge in [-0.2, -0.15) is 5.10 Å². The number of nitrogens with one attached hydrogen (secondary N) is 1. The first-order valence-corrected chi connectivity index (χ1v) is 4.83. The second kappa shape index (κ2) is 3.77. The Morgan fingerprint density at radius 1 is 1.33 bits per heavy atom. The smallest absolute Gasteiger partial charge is 0.171 e. The third kappa shape index (κ3) is 2.01. The van der Waals surface area contributed by atoms with Crippen molar-refractivity contribution in [2.75, 3.05) is 0 Å². The van der Waals surface area contributed by atoms with Crippen LogP contribution in [0.1, 0.15) is 5.69 Å². The molecule has 0 saturated carbocycles. The number of rotatable bonds is 2. The molecule has 0 aromatic carbocycles. The highest BCUT2D eigenvalue weighted by atomic mass is 79.9. The Labute approximate surface area is 93.8 Å². The molecule has 2 heterocycles. The van der Waals surface area contributed by atoms with Crippen LogP contribution in [0.5, 0.6) is 0 Å². The van der Waals surface area contributed by atoms with Gasteiger partial charge in [0.2, 0.25) is 0 Å². The van der Waals surface area contributed by atoms with Gasteiger partial charge in [0.05, 0.1) is 23.1 Å². The van der Waals surface area contributed by atoms with Crippen LogP contribution in [0.4, 0.5) is 0 Å². The zero-order chi connectivity index (χ0) is 10.8. The zero-order valence-corrected chi connectivity index (χ0v) is 9.14. The third-order valence-corrected chi connectivity index (χ3v) is 2.11. The van der Waals surface area contributed by atoms with Gasteiger partial charge in [0.25, 0.3) is 0 Å². The van der Waals surface area contributed by atoms with Crippen LogP contribution in [0.25, 0.3) is 5.82 Å². The van der Waals surface area contributed by atoms with E-state index in [0.29, 0.717) is 11.5 Å². The number of halogens is 1. The predicted octanol–water partition coefficient (Wildman–Crippen LogP) is 0.709. The summed E-state index contributed by atoms with van der Waals surface area (Å²) in [6.45, 7) is 0. The molecule has 0 unspecified atom stereocenters. The van der Waals surface area contributed by atoms with E-state index in [1.807, 2.05) is 0 Å². The second-order valence-corrected chi connectivity index (χ2v) is 3.69. The maximum atomic E-state index is 7.16. The average molecular weight is 267 g/mol. The lowest BCUT2D eigenvalue weighted by molar-refractivity contribution is 0.836. The lowest BCUT2D eigenvalue weighted by Gasteiger charge is -2.00. The lowest BCUT2D eigenvalue weighted by atomic mass is 10.4. The molecule has 0 aliphatic heterocycles. The highest BCUT2D eigenvalue weighted by molar-refractivity contribution is 9.10. The molecule has 2 aromatic rings. The topological polar surface area (TPSA) is 93.5 Å². The fourth-order valence-electron chi connectivity index (χ4n) is 1.00. The quantitative estimate of drug-likeness (QED) is 0.619. The summed E-state index contributed by atoms with van der Waals surface area (Å²) in [5, 5.41) is 11.2. The number of nitrogen functional groups attached to an aromatic ring is 1. The van der Waals surface area contributed by atoms with Crippen LogP contribution in [-0.2, 0) is 0 Å². The SMILES string of the molecule is N=C(N)c1cnc(-n2cc(Br)cn2)cn1. The Kier molecular flexibility index (Phi) is 2.46. The minimum atomic E-state index is -0.101.